The lowest BCUT2D eigenvalue weighted by Crippen LogP contribution is -2.37. The van der Waals surface area contributed by atoms with Crippen LogP contribution < -0.4 is 5.32 Å². The molecule has 1 N–H and O–H groups in total. The predicted octanol–water partition coefficient (Wildman–Crippen LogP) is 2.13. The monoisotopic (exact) mass is 283 g/mol. The van der Waals surface area contributed by atoms with Crippen molar-refractivity contribution in [2.75, 3.05) is 39.4 Å². The van der Waals surface area contributed by atoms with E-state index in [1.165, 1.54) is 17.0 Å². The van der Waals surface area contributed by atoms with Crippen molar-refractivity contribution in [2.24, 2.45) is 0 Å². The van der Waals surface area contributed by atoms with E-state index in [2.05, 4.69) is 36.0 Å². The summed E-state index contributed by atoms with van der Waals surface area (Å²) in [4.78, 5) is 8.43. The van der Waals surface area contributed by atoms with E-state index < -0.39 is 0 Å². The van der Waals surface area contributed by atoms with Crippen molar-refractivity contribution in [1.29, 1.82) is 0 Å². The number of hydrogen-bond donors (Lipinski definition) is 1. The third-order valence-corrected chi connectivity index (χ3v) is 4.46. The fourth-order valence-electron chi connectivity index (χ4n) is 2.49. The maximum Gasteiger partial charge on any atom is 0.0900 e. The van der Waals surface area contributed by atoms with Gasteiger partial charge in [-0.25, -0.2) is 4.98 Å². The highest BCUT2D eigenvalue weighted by Gasteiger charge is 2.13. The Bertz CT molecular complexity index is 388. The summed E-state index contributed by atoms with van der Waals surface area (Å²) in [5.41, 5.74) is 1.22. The molecule has 4 nitrogen and oxygen atoms in total. The molecular weight excluding hydrogens is 258 g/mol. The van der Waals surface area contributed by atoms with Gasteiger partial charge in [0.15, 0.2) is 0 Å². The molecule has 1 aliphatic heterocycles. The van der Waals surface area contributed by atoms with E-state index >= 15 is 0 Å². The van der Waals surface area contributed by atoms with E-state index in [4.69, 9.17) is 4.74 Å². The summed E-state index contributed by atoms with van der Waals surface area (Å²) in [5, 5.41) is 4.74. The Morgan fingerprint density at radius 2 is 2.11 bits per heavy atom. The third kappa shape index (κ3) is 4.53. The largest absolute Gasteiger partial charge is 0.379 e. The number of nitrogens with zero attached hydrogens (tertiary/aromatic N) is 2. The molecule has 1 aliphatic rings. The molecule has 0 aromatic carbocycles. The molecule has 108 valence electrons. The number of nitrogens with one attached hydrogen (secondary N) is 1. The summed E-state index contributed by atoms with van der Waals surface area (Å²) in [6.45, 7) is 12.6. The van der Waals surface area contributed by atoms with Crippen molar-refractivity contribution < 1.29 is 4.74 Å². The van der Waals surface area contributed by atoms with E-state index in [9.17, 15) is 0 Å². The Morgan fingerprint density at radius 1 is 1.37 bits per heavy atom. The average molecular weight is 283 g/mol. The fraction of sp³-hybridized carbons (Fsp3) is 0.786. The second kappa shape index (κ2) is 7.33. The van der Waals surface area contributed by atoms with Crippen molar-refractivity contribution in [3.05, 3.63) is 15.6 Å². The van der Waals surface area contributed by atoms with Gasteiger partial charge in [0.25, 0.3) is 0 Å². The number of morpholine rings is 1. The zero-order valence-electron chi connectivity index (χ0n) is 12.2. The Hall–Kier alpha value is -0.490. The molecule has 0 spiro atoms. The highest BCUT2D eigenvalue weighted by molar-refractivity contribution is 7.11. The van der Waals surface area contributed by atoms with Crippen LogP contribution in [0.4, 0.5) is 0 Å². The van der Waals surface area contributed by atoms with Crippen molar-refractivity contribution in [2.45, 2.75) is 33.2 Å². The van der Waals surface area contributed by atoms with Gasteiger partial charge in [-0.2, -0.15) is 0 Å². The molecule has 1 aromatic rings. The summed E-state index contributed by atoms with van der Waals surface area (Å²) in [7, 11) is 0. The van der Waals surface area contributed by atoms with Gasteiger partial charge in [0.05, 0.1) is 23.9 Å². The summed E-state index contributed by atoms with van der Waals surface area (Å²) in [5.74, 6) is 0. The summed E-state index contributed by atoms with van der Waals surface area (Å²) < 4.78 is 5.35. The highest BCUT2D eigenvalue weighted by Crippen LogP contribution is 2.22. The molecule has 1 saturated heterocycles. The number of rotatable bonds is 6. The van der Waals surface area contributed by atoms with E-state index in [0.29, 0.717) is 6.04 Å². The van der Waals surface area contributed by atoms with Crippen LogP contribution in [0, 0.1) is 13.8 Å². The Balaban J connectivity index is 1.66. The quantitative estimate of drug-likeness (QED) is 0.812. The van der Waals surface area contributed by atoms with Gasteiger partial charge in [-0.3, -0.25) is 4.90 Å². The minimum absolute atomic E-state index is 0.356. The molecule has 1 aromatic heterocycles. The van der Waals surface area contributed by atoms with Gasteiger partial charge >= 0.3 is 0 Å². The van der Waals surface area contributed by atoms with Crippen LogP contribution in [0.5, 0.6) is 0 Å². The smallest absolute Gasteiger partial charge is 0.0900 e. The molecule has 19 heavy (non-hydrogen) atoms. The first-order valence-electron chi connectivity index (χ1n) is 7.14. The van der Waals surface area contributed by atoms with Gasteiger partial charge < -0.3 is 10.1 Å². The van der Waals surface area contributed by atoms with Crippen LogP contribution >= 0.6 is 11.3 Å². The third-order valence-electron chi connectivity index (χ3n) is 3.55. The van der Waals surface area contributed by atoms with Crippen LogP contribution in [-0.4, -0.2) is 49.3 Å². The first-order chi connectivity index (χ1) is 9.16. The topological polar surface area (TPSA) is 37.4 Å². The number of aryl methyl sites for hydroxylation is 2. The second-order valence-electron chi connectivity index (χ2n) is 5.16. The first-order valence-corrected chi connectivity index (χ1v) is 7.96. The number of aromatic nitrogens is 1. The van der Waals surface area contributed by atoms with E-state index in [1.807, 2.05) is 0 Å². The zero-order valence-corrected chi connectivity index (χ0v) is 13.1. The van der Waals surface area contributed by atoms with Crippen molar-refractivity contribution in [3.8, 4) is 0 Å². The van der Waals surface area contributed by atoms with E-state index in [1.54, 1.807) is 11.3 Å². The van der Waals surface area contributed by atoms with Crippen molar-refractivity contribution in [3.63, 3.8) is 0 Å². The van der Waals surface area contributed by atoms with E-state index in [0.717, 1.165) is 44.4 Å². The molecule has 0 radical (unpaired) electrons. The lowest BCUT2D eigenvalue weighted by molar-refractivity contribution is 0.0374. The molecular formula is C14H25N3OS. The average Bonchev–Trinajstić information content (AvgIpc) is 2.75. The number of thiazole rings is 1. The lowest BCUT2D eigenvalue weighted by atomic mass is 10.2. The number of ether oxygens (including phenoxy) is 1. The number of hydrogen-bond acceptors (Lipinski definition) is 5. The highest BCUT2D eigenvalue weighted by atomic mass is 32.1. The van der Waals surface area contributed by atoms with Gasteiger partial charge in [-0.1, -0.05) is 0 Å². The lowest BCUT2D eigenvalue weighted by Gasteiger charge is -2.26. The summed E-state index contributed by atoms with van der Waals surface area (Å²) in [6.07, 6.45) is 1.19. The predicted molar refractivity (Wildman–Crippen MR) is 79.9 cm³/mol. The minimum Gasteiger partial charge on any atom is -0.379 e. The molecule has 1 unspecified atom stereocenters. The Labute approximate surface area is 120 Å². The first kappa shape index (κ1) is 14.9. The molecule has 1 atom stereocenters. The van der Waals surface area contributed by atoms with Gasteiger partial charge in [0, 0.05) is 24.0 Å². The molecule has 2 heterocycles. The molecule has 2 rings (SSSR count). The molecule has 5 heteroatoms. The summed E-state index contributed by atoms with van der Waals surface area (Å²) >= 11 is 1.79. The standard InChI is InChI=1S/C14H25N3OS/c1-11(14-12(2)19-13(3)16-14)15-5-4-6-17-7-9-18-10-8-17/h11,15H,4-10H2,1-3H3. The summed E-state index contributed by atoms with van der Waals surface area (Å²) in [6, 6.07) is 0.356. The van der Waals surface area contributed by atoms with Crippen LogP contribution in [0.1, 0.15) is 35.0 Å². The maximum absolute atomic E-state index is 5.35. The SMILES string of the molecule is Cc1nc(C(C)NCCCN2CCOCC2)c(C)s1. The van der Waals surface area contributed by atoms with Gasteiger partial charge in [0.2, 0.25) is 0 Å². The fourth-order valence-corrected chi connectivity index (χ4v) is 3.40. The maximum atomic E-state index is 5.35. The molecule has 1 fully saturated rings. The van der Waals surface area contributed by atoms with Gasteiger partial charge in [-0.05, 0) is 40.3 Å². The van der Waals surface area contributed by atoms with Crippen LogP contribution in [0.25, 0.3) is 0 Å². The molecule has 0 amide bonds. The molecule has 0 bridgehead atoms. The van der Waals surface area contributed by atoms with Crippen molar-refractivity contribution >= 4 is 11.3 Å². The molecule has 0 aliphatic carbocycles. The van der Waals surface area contributed by atoms with Crippen LogP contribution in [-0.2, 0) is 4.74 Å². The van der Waals surface area contributed by atoms with Crippen LogP contribution in [0.2, 0.25) is 0 Å². The Morgan fingerprint density at radius 3 is 2.74 bits per heavy atom. The normalized spacial score (nSPS) is 18.7. The molecule has 0 saturated carbocycles. The Kier molecular flexibility index (Phi) is 5.76. The van der Waals surface area contributed by atoms with Crippen molar-refractivity contribution in [1.82, 2.24) is 15.2 Å². The van der Waals surface area contributed by atoms with Crippen LogP contribution in [0.3, 0.4) is 0 Å². The van der Waals surface area contributed by atoms with Gasteiger partial charge in [0.1, 0.15) is 0 Å². The minimum atomic E-state index is 0.356. The second-order valence-corrected chi connectivity index (χ2v) is 6.57. The van der Waals surface area contributed by atoms with E-state index in [-0.39, 0.29) is 0 Å². The van der Waals surface area contributed by atoms with Crippen LogP contribution in [0.15, 0.2) is 0 Å². The van der Waals surface area contributed by atoms with Gasteiger partial charge in [-0.15, -0.1) is 11.3 Å². The zero-order chi connectivity index (χ0) is 13.7.